The maximum absolute atomic E-state index is 6.12. The summed E-state index contributed by atoms with van der Waals surface area (Å²) < 4.78 is 12.2. The van der Waals surface area contributed by atoms with E-state index in [0.717, 1.165) is 18.6 Å². The molecule has 0 aromatic heterocycles. The topological polar surface area (TPSA) is 18.5 Å². The largest absolute Gasteiger partial charge is 0.462 e. The van der Waals surface area contributed by atoms with Crippen molar-refractivity contribution in [2.45, 2.75) is 50.9 Å². The zero-order valence-electron chi connectivity index (χ0n) is 9.74. The highest BCUT2D eigenvalue weighted by molar-refractivity contribution is 5.36. The second-order valence-corrected chi connectivity index (χ2v) is 4.87. The predicted octanol–water partition coefficient (Wildman–Crippen LogP) is 3.82. The Morgan fingerprint density at radius 2 is 1.88 bits per heavy atom. The van der Waals surface area contributed by atoms with Crippen LogP contribution < -0.4 is 4.74 Å². The number of hydrogen-bond donors (Lipinski definition) is 0. The van der Waals surface area contributed by atoms with Crippen LogP contribution >= 0.6 is 0 Å². The van der Waals surface area contributed by atoms with Crippen LogP contribution in [0.15, 0.2) is 24.3 Å². The van der Waals surface area contributed by atoms with Crippen molar-refractivity contribution in [1.82, 2.24) is 0 Å². The van der Waals surface area contributed by atoms with Gasteiger partial charge in [0.15, 0.2) is 0 Å². The van der Waals surface area contributed by atoms with Gasteiger partial charge in [-0.3, -0.25) is 0 Å². The number of rotatable bonds is 0. The normalized spacial score (nSPS) is 27.2. The fourth-order valence-corrected chi connectivity index (χ4v) is 2.83. The fourth-order valence-electron chi connectivity index (χ4n) is 2.83. The number of hydrogen-bond acceptors (Lipinski definition) is 2. The van der Waals surface area contributed by atoms with E-state index in [2.05, 4.69) is 19.1 Å². The first-order valence-electron chi connectivity index (χ1n) is 6.25. The molecule has 2 aliphatic rings. The molecule has 86 valence electrons. The quantitative estimate of drug-likeness (QED) is 0.659. The van der Waals surface area contributed by atoms with Gasteiger partial charge in [-0.2, -0.15) is 0 Å². The minimum atomic E-state index is -0.327. The molecule has 2 nitrogen and oxygen atoms in total. The Labute approximate surface area is 96.6 Å². The molecule has 1 heterocycles. The summed E-state index contributed by atoms with van der Waals surface area (Å²) in [4.78, 5) is 0. The second kappa shape index (κ2) is 3.77. The van der Waals surface area contributed by atoms with Crippen LogP contribution in [0.5, 0.6) is 5.75 Å². The Balaban J connectivity index is 1.93. The van der Waals surface area contributed by atoms with Crippen molar-refractivity contribution in [3.05, 3.63) is 29.8 Å². The average molecular weight is 218 g/mol. The highest BCUT2D eigenvalue weighted by Gasteiger charge is 2.41. The van der Waals surface area contributed by atoms with Crippen molar-refractivity contribution in [3.63, 3.8) is 0 Å². The summed E-state index contributed by atoms with van der Waals surface area (Å²) in [6.07, 6.45) is 5.97. The zero-order valence-corrected chi connectivity index (χ0v) is 9.74. The molecule has 1 saturated carbocycles. The van der Waals surface area contributed by atoms with Crippen LogP contribution in [0, 0.1) is 0 Å². The molecule has 0 N–H and O–H groups in total. The highest BCUT2D eigenvalue weighted by Crippen LogP contribution is 2.44. The van der Waals surface area contributed by atoms with Crippen molar-refractivity contribution in [2.24, 2.45) is 0 Å². The van der Waals surface area contributed by atoms with Crippen LogP contribution in [0.2, 0.25) is 0 Å². The molecule has 1 fully saturated rings. The van der Waals surface area contributed by atoms with Crippen LogP contribution in [0.3, 0.4) is 0 Å². The molecule has 1 atom stereocenters. The second-order valence-electron chi connectivity index (χ2n) is 4.87. The van der Waals surface area contributed by atoms with Crippen molar-refractivity contribution in [3.8, 4) is 5.75 Å². The third-order valence-electron chi connectivity index (χ3n) is 3.66. The first-order chi connectivity index (χ1) is 7.79. The molecular formula is C14H18O2. The van der Waals surface area contributed by atoms with Crippen molar-refractivity contribution in [1.29, 1.82) is 0 Å². The maximum atomic E-state index is 6.12. The van der Waals surface area contributed by atoms with E-state index in [4.69, 9.17) is 9.47 Å². The molecule has 1 aliphatic heterocycles. The van der Waals surface area contributed by atoms with Gasteiger partial charge in [-0.05, 0) is 25.8 Å². The van der Waals surface area contributed by atoms with Crippen LogP contribution in [0.25, 0.3) is 0 Å². The van der Waals surface area contributed by atoms with E-state index in [1.54, 1.807) is 0 Å². The Kier molecular flexibility index (Phi) is 2.40. The van der Waals surface area contributed by atoms with Gasteiger partial charge in [0.2, 0.25) is 5.79 Å². The van der Waals surface area contributed by atoms with E-state index in [0.29, 0.717) is 0 Å². The summed E-state index contributed by atoms with van der Waals surface area (Å²) in [5.74, 6) is 0.689. The Bertz CT molecular complexity index is 380. The summed E-state index contributed by atoms with van der Waals surface area (Å²) in [6.45, 7) is 2.12. The van der Waals surface area contributed by atoms with Gasteiger partial charge in [-0.1, -0.05) is 24.6 Å². The van der Waals surface area contributed by atoms with Gasteiger partial charge < -0.3 is 9.47 Å². The Morgan fingerprint density at radius 3 is 2.69 bits per heavy atom. The van der Waals surface area contributed by atoms with Gasteiger partial charge in [0.1, 0.15) is 5.75 Å². The standard InChI is InChI=1S/C14H18O2/c1-11-12-7-3-4-8-13(12)16-14(15-11)9-5-2-6-10-14/h3-4,7-8,11H,2,5-6,9-10H2,1H3/t11-/m0/s1. The molecule has 0 saturated heterocycles. The zero-order chi connectivity index (χ0) is 11.0. The van der Waals surface area contributed by atoms with Gasteiger partial charge >= 0.3 is 0 Å². The summed E-state index contributed by atoms with van der Waals surface area (Å²) >= 11 is 0. The van der Waals surface area contributed by atoms with Crippen LogP contribution in [0.4, 0.5) is 0 Å². The van der Waals surface area contributed by atoms with Crippen LogP contribution in [-0.4, -0.2) is 5.79 Å². The Morgan fingerprint density at radius 1 is 1.12 bits per heavy atom. The fraction of sp³-hybridized carbons (Fsp3) is 0.571. The van der Waals surface area contributed by atoms with Gasteiger partial charge in [-0.15, -0.1) is 0 Å². The summed E-state index contributed by atoms with van der Waals surface area (Å²) in [6, 6.07) is 8.23. The lowest BCUT2D eigenvalue weighted by molar-refractivity contribution is -0.240. The molecule has 0 radical (unpaired) electrons. The minimum Gasteiger partial charge on any atom is -0.462 e. The maximum Gasteiger partial charge on any atom is 0.211 e. The summed E-state index contributed by atoms with van der Waals surface area (Å²) in [5.41, 5.74) is 1.18. The molecule has 1 aromatic rings. The average Bonchev–Trinajstić information content (AvgIpc) is 2.30. The molecule has 0 amide bonds. The highest BCUT2D eigenvalue weighted by atomic mass is 16.7. The molecule has 3 rings (SSSR count). The molecule has 0 bridgehead atoms. The van der Waals surface area contributed by atoms with Crippen LogP contribution in [0.1, 0.15) is 50.7 Å². The van der Waals surface area contributed by atoms with Gasteiger partial charge in [-0.25, -0.2) is 0 Å². The number of ether oxygens (including phenoxy) is 2. The van der Waals surface area contributed by atoms with E-state index in [9.17, 15) is 0 Å². The van der Waals surface area contributed by atoms with Crippen molar-refractivity contribution in [2.75, 3.05) is 0 Å². The van der Waals surface area contributed by atoms with E-state index < -0.39 is 0 Å². The number of fused-ring (bicyclic) bond motifs is 1. The van der Waals surface area contributed by atoms with Gasteiger partial charge in [0.05, 0.1) is 6.10 Å². The molecule has 0 unspecified atom stereocenters. The number of benzene rings is 1. The smallest absolute Gasteiger partial charge is 0.211 e. The lowest BCUT2D eigenvalue weighted by atomic mass is 9.92. The van der Waals surface area contributed by atoms with Crippen molar-refractivity contribution < 1.29 is 9.47 Å². The Hall–Kier alpha value is -1.02. The monoisotopic (exact) mass is 218 g/mol. The summed E-state index contributed by atoms with van der Waals surface area (Å²) in [7, 11) is 0. The molecule has 1 aliphatic carbocycles. The molecular weight excluding hydrogens is 200 g/mol. The van der Waals surface area contributed by atoms with E-state index in [1.165, 1.54) is 24.8 Å². The van der Waals surface area contributed by atoms with Crippen LogP contribution in [-0.2, 0) is 4.74 Å². The van der Waals surface area contributed by atoms with Gasteiger partial charge in [0.25, 0.3) is 0 Å². The van der Waals surface area contributed by atoms with E-state index in [-0.39, 0.29) is 11.9 Å². The van der Waals surface area contributed by atoms with E-state index >= 15 is 0 Å². The molecule has 1 aromatic carbocycles. The number of para-hydroxylation sites is 1. The summed E-state index contributed by atoms with van der Waals surface area (Å²) in [5, 5.41) is 0. The SMILES string of the molecule is C[C@@H]1OC2(CCCCC2)Oc2ccccc21. The van der Waals surface area contributed by atoms with Gasteiger partial charge in [0, 0.05) is 18.4 Å². The van der Waals surface area contributed by atoms with Crippen molar-refractivity contribution >= 4 is 0 Å². The predicted molar refractivity (Wildman–Crippen MR) is 62.4 cm³/mol. The first-order valence-corrected chi connectivity index (χ1v) is 6.25. The lowest BCUT2D eigenvalue weighted by Gasteiger charge is -2.43. The van der Waals surface area contributed by atoms with E-state index in [1.807, 2.05) is 12.1 Å². The molecule has 1 spiro atoms. The third-order valence-corrected chi connectivity index (χ3v) is 3.66. The first kappa shape index (κ1) is 10.2. The molecule has 2 heteroatoms. The lowest BCUT2D eigenvalue weighted by Crippen LogP contribution is -2.44. The minimum absolute atomic E-state index is 0.156. The third kappa shape index (κ3) is 1.61. The molecule has 16 heavy (non-hydrogen) atoms.